The second-order valence-corrected chi connectivity index (χ2v) is 6.75. The average molecular weight is 382 g/mol. The fraction of sp³-hybridized carbons (Fsp3) is 0.158. The number of carbonyl (C=O) groups is 2. The van der Waals surface area contributed by atoms with Crippen LogP contribution in [0.3, 0.4) is 0 Å². The molecule has 0 aliphatic heterocycles. The van der Waals surface area contributed by atoms with Gasteiger partial charge < -0.3 is 15.2 Å². The van der Waals surface area contributed by atoms with Crippen LogP contribution in [0, 0.1) is 6.92 Å². The molecule has 0 saturated carbocycles. The van der Waals surface area contributed by atoms with Crippen LogP contribution in [0.2, 0.25) is 0 Å². The van der Waals surface area contributed by atoms with Crippen molar-refractivity contribution in [2.24, 2.45) is 0 Å². The fourth-order valence-electron chi connectivity index (χ4n) is 2.36. The van der Waals surface area contributed by atoms with Gasteiger partial charge in [0.05, 0.1) is 11.3 Å². The summed E-state index contributed by atoms with van der Waals surface area (Å²) in [6.45, 7) is 3.20. The van der Waals surface area contributed by atoms with Gasteiger partial charge in [-0.05, 0) is 43.3 Å². The normalized spacial score (nSPS) is 10.4. The molecule has 27 heavy (non-hydrogen) atoms. The van der Waals surface area contributed by atoms with Crippen LogP contribution in [-0.4, -0.2) is 22.0 Å². The van der Waals surface area contributed by atoms with E-state index in [1.807, 2.05) is 18.2 Å². The van der Waals surface area contributed by atoms with Crippen LogP contribution in [0.25, 0.3) is 0 Å². The predicted octanol–water partition coefficient (Wildman–Crippen LogP) is 3.88. The molecule has 0 radical (unpaired) electrons. The number of aromatic nitrogens is 2. The van der Waals surface area contributed by atoms with E-state index in [0.717, 1.165) is 4.90 Å². The molecule has 0 saturated heterocycles. The van der Waals surface area contributed by atoms with E-state index < -0.39 is 0 Å². The average Bonchev–Trinajstić information content (AvgIpc) is 3.07. The maximum Gasteiger partial charge on any atom is 0.256 e. The molecule has 3 aromatic rings. The summed E-state index contributed by atoms with van der Waals surface area (Å²) in [5, 5.41) is 9.31. The molecule has 0 bridgehead atoms. The molecule has 1 aromatic heterocycles. The summed E-state index contributed by atoms with van der Waals surface area (Å²) in [5.74, 6) is 1.22. The van der Waals surface area contributed by atoms with E-state index in [-0.39, 0.29) is 11.8 Å². The highest BCUT2D eigenvalue weighted by molar-refractivity contribution is 7.98. The summed E-state index contributed by atoms with van der Waals surface area (Å²) in [6.07, 6.45) is 0. The Morgan fingerprint density at radius 1 is 1.04 bits per heavy atom. The molecular weight excluding hydrogens is 364 g/mol. The van der Waals surface area contributed by atoms with Gasteiger partial charge in [-0.15, -0.1) is 11.8 Å². The highest BCUT2D eigenvalue weighted by atomic mass is 32.2. The number of carbonyl (C=O) groups excluding carboxylic acids is 2. The van der Waals surface area contributed by atoms with Crippen molar-refractivity contribution in [3.63, 3.8) is 0 Å². The third kappa shape index (κ3) is 5.18. The van der Waals surface area contributed by atoms with Gasteiger partial charge >= 0.3 is 0 Å². The Bertz CT molecular complexity index is 954. The molecule has 7 nitrogen and oxygen atoms in total. The molecule has 0 spiro atoms. The number of anilines is 2. The quantitative estimate of drug-likeness (QED) is 0.628. The van der Waals surface area contributed by atoms with E-state index in [0.29, 0.717) is 34.4 Å². The first-order valence-electron chi connectivity index (χ1n) is 8.21. The molecule has 8 heteroatoms. The first-order chi connectivity index (χ1) is 13.0. The minimum atomic E-state index is -0.216. The number of hydrogen-bond donors (Lipinski definition) is 2. The van der Waals surface area contributed by atoms with Crippen LogP contribution in [0.5, 0.6) is 0 Å². The SMILES string of the molecule is CC(=O)Nc1ccc(NC(=O)c2ccccc2SCc2nc(C)no2)cc1. The third-order valence-electron chi connectivity index (χ3n) is 3.52. The fourth-order valence-corrected chi connectivity index (χ4v) is 3.24. The number of amides is 2. The number of thioether (sulfide) groups is 1. The molecule has 138 valence electrons. The second kappa shape index (κ2) is 8.50. The van der Waals surface area contributed by atoms with Gasteiger partial charge in [0.25, 0.3) is 5.91 Å². The van der Waals surface area contributed by atoms with Gasteiger partial charge in [0.15, 0.2) is 5.82 Å². The highest BCUT2D eigenvalue weighted by Crippen LogP contribution is 2.26. The van der Waals surface area contributed by atoms with Gasteiger partial charge in [0, 0.05) is 23.2 Å². The van der Waals surface area contributed by atoms with Gasteiger partial charge in [0.2, 0.25) is 11.8 Å². The van der Waals surface area contributed by atoms with E-state index in [1.165, 1.54) is 18.7 Å². The summed E-state index contributed by atoms with van der Waals surface area (Å²) in [4.78, 5) is 28.7. The minimum absolute atomic E-state index is 0.144. The minimum Gasteiger partial charge on any atom is -0.338 e. The van der Waals surface area contributed by atoms with Crippen molar-refractivity contribution in [1.29, 1.82) is 0 Å². The molecule has 0 aliphatic rings. The van der Waals surface area contributed by atoms with E-state index in [2.05, 4.69) is 20.8 Å². The van der Waals surface area contributed by atoms with Crippen LogP contribution < -0.4 is 10.6 Å². The Hall–Kier alpha value is -3.13. The molecule has 2 N–H and O–H groups in total. The van der Waals surface area contributed by atoms with Crippen LogP contribution >= 0.6 is 11.8 Å². The lowest BCUT2D eigenvalue weighted by Gasteiger charge is -2.10. The molecular formula is C19H18N4O3S. The Labute approximate surface area is 160 Å². The monoisotopic (exact) mass is 382 g/mol. The Morgan fingerprint density at radius 3 is 2.33 bits per heavy atom. The van der Waals surface area contributed by atoms with Crippen molar-refractivity contribution in [1.82, 2.24) is 10.1 Å². The molecule has 2 amide bonds. The zero-order valence-electron chi connectivity index (χ0n) is 14.9. The van der Waals surface area contributed by atoms with E-state index in [4.69, 9.17) is 4.52 Å². The lowest BCUT2D eigenvalue weighted by Crippen LogP contribution is -2.13. The van der Waals surface area contributed by atoms with Gasteiger partial charge in [-0.3, -0.25) is 9.59 Å². The molecule has 0 fully saturated rings. The number of rotatable bonds is 6. The first kappa shape index (κ1) is 18.7. The largest absolute Gasteiger partial charge is 0.338 e. The lowest BCUT2D eigenvalue weighted by atomic mass is 10.2. The second-order valence-electron chi connectivity index (χ2n) is 5.73. The molecule has 2 aromatic carbocycles. The molecule has 0 aliphatic carbocycles. The smallest absolute Gasteiger partial charge is 0.256 e. The van der Waals surface area contributed by atoms with E-state index >= 15 is 0 Å². The molecule has 0 atom stereocenters. The van der Waals surface area contributed by atoms with Crippen molar-refractivity contribution >= 4 is 35.0 Å². The number of nitrogens with zero attached hydrogens (tertiary/aromatic N) is 2. The first-order valence-corrected chi connectivity index (χ1v) is 9.20. The third-order valence-corrected chi connectivity index (χ3v) is 4.57. The van der Waals surface area contributed by atoms with Gasteiger partial charge in [-0.2, -0.15) is 4.98 Å². The van der Waals surface area contributed by atoms with Crippen LogP contribution in [0.4, 0.5) is 11.4 Å². The standard InChI is InChI=1S/C19H18N4O3S/c1-12-20-18(26-23-12)11-27-17-6-4-3-5-16(17)19(25)22-15-9-7-14(8-10-15)21-13(2)24/h3-10H,11H2,1-2H3,(H,21,24)(H,22,25). The van der Waals surface area contributed by atoms with Crippen molar-refractivity contribution in [3.8, 4) is 0 Å². The summed E-state index contributed by atoms with van der Waals surface area (Å²) >= 11 is 1.46. The van der Waals surface area contributed by atoms with Crippen LogP contribution in [-0.2, 0) is 10.5 Å². The zero-order chi connectivity index (χ0) is 19.2. The predicted molar refractivity (Wildman–Crippen MR) is 104 cm³/mol. The summed E-state index contributed by atoms with van der Waals surface area (Å²) < 4.78 is 5.11. The maximum absolute atomic E-state index is 12.7. The Kier molecular flexibility index (Phi) is 5.87. The summed E-state index contributed by atoms with van der Waals surface area (Å²) in [6, 6.07) is 14.3. The van der Waals surface area contributed by atoms with Crippen molar-refractivity contribution in [2.75, 3.05) is 10.6 Å². The topological polar surface area (TPSA) is 97.1 Å². The van der Waals surface area contributed by atoms with Crippen LogP contribution in [0.1, 0.15) is 29.0 Å². The van der Waals surface area contributed by atoms with Crippen LogP contribution in [0.15, 0.2) is 57.9 Å². The summed E-state index contributed by atoms with van der Waals surface area (Å²) in [5.41, 5.74) is 1.87. The van der Waals surface area contributed by atoms with Crippen molar-refractivity contribution < 1.29 is 14.1 Å². The lowest BCUT2D eigenvalue weighted by molar-refractivity contribution is -0.114. The van der Waals surface area contributed by atoms with Crippen molar-refractivity contribution in [3.05, 3.63) is 65.8 Å². The van der Waals surface area contributed by atoms with E-state index in [9.17, 15) is 9.59 Å². The van der Waals surface area contributed by atoms with Gasteiger partial charge in [0.1, 0.15) is 0 Å². The summed E-state index contributed by atoms with van der Waals surface area (Å²) in [7, 11) is 0. The molecule has 1 heterocycles. The Balaban J connectivity index is 1.68. The maximum atomic E-state index is 12.7. The van der Waals surface area contributed by atoms with Gasteiger partial charge in [-0.25, -0.2) is 0 Å². The van der Waals surface area contributed by atoms with Crippen molar-refractivity contribution in [2.45, 2.75) is 24.5 Å². The number of benzene rings is 2. The zero-order valence-corrected chi connectivity index (χ0v) is 15.7. The van der Waals surface area contributed by atoms with Gasteiger partial charge in [-0.1, -0.05) is 17.3 Å². The molecule has 3 rings (SSSR count). The van der Waals surface area contributed by atoms with E-state index in [1.54, 1.807) is 37.3 Å². The highest BCUT2D eigenvalue weighted by Gasteiger charge is 2.13. The Morgan fingerprint density at radius 2 is 1.70 bits per heavy atom. The number of nitrogens with one attached hydrogen (secondary N) is 2. The number of aryl methyl sites for hydroxylation is 1. The molecule has 0 unspecified atom stereocenters. The number of hydrogen-bond acceptors (Lipinski definition) is 6.